The van der Waals surface area contributed by atoms with Gasteiger partial charge in [0.05, 0.1) is 0 Å². The zero-order valence-corrected chi connectivity index (χ0v) is 11.0. The molecule has 0 saturated heterocycles. The highest BCUT2D eigenvalue weighted by molar-refractivity contribution is 7.08. The second-order valence-corrected chi connectivity index (χ2v) is 5.21. The van der Waals surface area contributed by atoms with E-state index in [1.807, 2.05) is 12.1 Å². The summed E-state index contributed by atoms with van der Waals surface area (Å²) in [5.41, 5.74) is 3.66. The van der Waals surface area contributed by atoms with Gasteiger partial charge in [0.2, 0.25) is 0 Å². The number of hydrogen-bond donors (Lipinski definition) is 0. The average Bonchev–Trinajstić information content (AvgIpc) is 2.69. The van der Waals surface area contributed by atoms with Gasteiger partial charge in [-0.3, -0.25) is 0 Å². The molecule has 0 fully saturated rings. The molecule has 0 unspecified atom stereocenters. The van der Waals surface area contributed by atoms with Crippen molar-refractivity contribution in [3.63, 3.8) is 0 Å². The van der Waals surface area contributed by atoms with Crippen LogP contribution in [0.2, 0.25) is 5.02 Å². The number of thiophene rings is 1. The molecule has 0 aliphatic carbocycles. The van der Waals surface area contributed by atoms with Crippen LogP contribution in [0.3, 0.4) is 0 Å². The number of halogens is 1. The monoisotopic (exact) mass is 251 g/mol. The minimum atomic E-state index is 0.831. The van der Waals surface area contributed by atoms with Gasteiger partial charge in [0.1, 0.15) is 0 Å². The zero-order chi connectivity index (χ0) is 11.5. The Labute approximate surface area is 105 Å². The lowest BCUT2D eigenvalue weighted by Crippen LogP contribution is -2.11. The van der Waals surface area contributed by atoms with Crippen molar-refractivity contribution in [1.82, 2.24) is 4.90 Å². The van der Waals surface area contributed by atoms with Crippen LogP contribution in [0.15, 0.2) is 35.0 Å². The predicted octanol–water partition coefficient (Wildman–Crippen LogP) is 4.13. The highest BCUT2D eigenvalue weighted by atomic mass is 35.5. The Bertz CT molecular complexity index is 463. The van der Waals surface area contributed by atoms with E-state index in [9.17, 15) is 0 Å². The summed E-state index contributed by atoms with van der Waals surface area (Å²) in [6.45, 7) is 0.908. The van der Waals surface area contributed by atoms with E-state index in [1.54, 1.807) is 11.3 Å². The Kier molecular flexibility index (Phi) is 3.64. The van der Waals surface area contributed by atoms with Gasteiger partial charge in [0.25, 0.3) is 0 Å². The first-order valence-electron chi connectivity index (χ1n) is 5.13. The lowest BCUT2D eigenvalue weighted by molar-refractivity contribution is 0.403. The Morgan fingerprint density at radius 1 is 1.25 bits per heavy atom. The van der Waals surface area contributed by atoms with E-state index in [0.717, 1.165) is 11.6 Å². The van der Waals surface area contributed by atoms with Gasteiger partial charge in [0, 0.05) is 17.1 Å². The van der Waals surface area contributed by atoms with Gasteiger partial charge in [-0.05, 0) is 48.1 Å². The van der Waals surface area contributed by atoms with Gasteiger partial charge >= 0.3 is 0 Å². The minimum absolute atomic E-state index is 0.831. The molecule has 0 aliphatic rings. The number of hydrogen-bond acceptors (Lipinski definition) is 2. The molecule has 0 aliphatic heterocycles. The fourth-order valence-corrected chi connectivity index (χ4v) is 2.72. The Morgan fingerprint density at radius 3 is 2.69 bits per heavy atom. The summed E-state index contributed by atoms with van der Waals surface area (Å²) in [4.78, 5) is 2.15. The largest absolute Gasteiger partial charge is 0.305 e. The smallest absolute Gasteiger partial charge is 0.0487 e. The van der Waals surface area contributed by atoms with E-state index >= 15 is 0 Å². The van der Waals surface area contributed by atoms with Crippen molar-refractivity contribution in [3.05, 3.63) is 45.6 Å². The molecular formula is C13H14ClNS. The van der Waals surface area contributed by atoms with E-state index in [-0.39, 0.29) is 0 Å². The van der Waals surface area contributed by atoms with Crippen LogP contribution in [0, 0.1) is 0 Å². The van der Waals surface area contributed by atoms with Crippen molar-refractivity contribution in [2.45, 2.75) is 6.54 Å². The Hall–Kier alpha value is -0.830. The molecule has 0 bridgehead atoms. The van der Waals surface area contributed by atoms with Crippen LogP contribution < -0.4 is 0 Å². The topological polar surface area (TPSA) is 3.24 Å². The first kappa shape index (κ1) is 11.6. The van der Waals surface area contributed by atoms with Gasteiger partial charge < -0.3 is 4.90 Å². The normalized spacial score (nSPS) is 11.0. The van der Waals surface area contributed by atoms with Crippen molar-refractivity contribution >= 4 is 22.9 Å². The molecule has 16 heavy (non-hydrogen) atoms. The molecule has 0 spiro atoms. The van der Waals surface area contributed by atoms with Crippen molar-refractivity contribution in [1.29, 1.82) is 0 Å². The molecule has 1 aromatic heterocycles. The fraction of sp³-hybridized carbons (Fsp3) is 0.231. The van der Waals surface area contributed by atoms with Gasteiger partial charge in [0.15, 0.2) is 0 Å². The number of rotatable bonds is 3. The standard InChI is InChI=1S/C13H14ClNS/c1-15(2)8-10-4-3-5-12(14)13(10)11-6-7-16-9-11/h3-7,9H,8H2,1-2H3. The highest BCUT2D eigenvalue weighted by Gasteiger charge is 2.10. The van der Waals surface area contributed by atoms with E-state index in [1.165, 1.54) is 16.7 Å². The van der Waals surface area contributed by atoms with Gasteiger partial charge in [-0.2, -0.15) is 11.3 Å². The summed E-state index contributed by atoms with van der Waals surface area (Å²) in [5, 5.41) is 5.05. The molecule has 0 N–H and O–H groups in total. The summed E-state index contributed by atoms with van der Waals surface area (Å²) >= 11 is 7.99. The highest BCUT2D eigenvalue weighted by Crippen LogP contribution is 2.33. The van der Waals surface area contributed by atoms with Crippen molar-refractivity contribution < 1.29 is 0 Å². The van der Waals surface area contributed by atoms with Crippen LogP contribution >= 0.6 is 22.9 Å². The van der Waals surface area contributed by atoms with Crippen LogP contribution in [0.1, 0.15) is 5.56 Å². The van der Waals surface area contributed by atoms with E-state index < -0.39 is 0 Å². The van der Waals surface area contributed by atoms with Crippen molar-refractivity contribution in [3.8, 4) is 11.1 Å². The third-order valence-electron chi connectivity index (χ3n) is 2.40. The molecule has 0 atom stereocenters. The number of nitrogens with zero attached hydrogens (tertiary/aromatic N) is 1. The fourth-order valence-electron chi connectivity index (χ4n) is 1.77. The lowest BCUT2D eigenvalue weighted by atomic mass is 10.0. The average molecular weight is 252 g/mol. The van der Waals surface area contributed by atoms with Crippen LogP contribution in [-0.2, 0) is 6.54 Å². The molecule has 0 saturated carbocycles. The zero-order valence-electron chi connectivity index (χ0n) is 9.40. The molecule has 84 valence electrons. The summed E-state index contributed by atoms with van der Waals surface area (Å²) in [6.07, 6.45) is 0. The molecule has 1 nitrogen and oxygen atoms in total. The molecule has 0 radical (unpaired) electrons. The Morgan fingerprint density at radius 2 is 2.06 bits per heavy atom. The first-order valence-corrected chi connectivity index (χ1v) is 6.45. The first-order chi connectivity index (χ1) is 7.68. The molecule has 2 rings (SSSR count). The second-order valence-electron chi connectivity index (χ2n) is 4.02. The molecule has 2 aromatic rings. The van der Waals surface area contributed by atoms with Crippen LogP contribution in [0.5, 0.6) is 0 Å². The minimum Gasteiger partial charge on any atom is -0.305 e. The predicted molar refractivity (Wildman–Crippen MR) is 72.2 cm³/mol. The maximum Gasteiger partial charge on any atom is 0.0487 e. The second kappa shape index (κ2) is 5.00. The maximum atomic E-state index is 6.29. The summed E-state index contributed by atoms with van der Waals surface area (Å²) in [7, 11) is 4.14. The quantitative estimate of drug-likeness (QED) is 0.793. The summed E-state index contributed by atoms with van der Waals surface area (Å²) in [6, 6.07) is 8.22. The van der Waals surface area contributed by atoms with Crippen molar-refractivity contribution in [2.24, 2.45) is 0 Å². The van der Waals surface area contributed by atoms with Crippen LogP contribution in [0.4, 0.5) is 0 Å². The van der Waals surface area contributed by atoms with Crippen molar-refractivity contribution in [2.75, 3.05) is 14.1 Å². The van der Waals surface area contributed by atoms with E-state index in [4.69, 9.17) is 11.6 Å². The van der Waals surface area contributed by atoms with Crippen LogP contribution in [0.25, 0.3) is 11.1 Å². The summed E-state index contributed by atoms with van der Waals surface area (Å²) < 4.78 is 0. The molecular weight excluding hydrogens is 238 g/mol. The molecule has 3 heteroatoms. The maximum absolute atomic E-state index is 6.29. The van der Waals surface area contributed by atoms with E-state index in [0.29, 0.717) is 0 Å². The summed E-state index contributed by atoms with van der Waals surface area (Å²) in [5.74, 6) is 0. The van der Waals surface area contributed by atoms with Gasteiger partial charge in [-0.15, -0.1) is 0 Å². The number of benzene rings is 1. The lowest BCUT2D eigenvalue weighted by Gasteiger charge is -2.14. The van der Waals surface area contributed by atoms with E-state index in [2.05, 4.69) is 41.9 Å². The third kappa shape index (κ3) is 2.46. The Balaban J connectivity index is 2.49. The molecule has 0 amide bonds. The molecule has 1 heterocycles. The molecule has 1 aromatic carbocycles. The third-order valence-corrected chi connectivity index (χ3v) is 3.39. The SMILES string of the molecule is CN(C)Cc1cccc(Cl)c1-c1ccsc1. The van der Waals surface area contributed by atoms with Crippen LogP contribution in [-0.4, -0.2) is 19.0 Å². The van der Waals surface area contributed by atoms with Gasteiger partial charge in [-0.25, -0.2) is 0 Å². The van der Waals surface area contributed by atoms with Gasteiger partial charge in [-0.1, -0.05) is 23.7 Å².